The molecule has 2 heteroatoms. The summed E-state index contributed by atoms with van der Waals surface area (Å²) in [5.41, 5.74) is 1.32. The van der Waals surface area contributed by atoms with Gasteiger partial charge in [-0.2, -0.15) is 0 Å². The zero-order chi connectivity index (χ0) is 9.97. The van der Waals surface area contributed by atoms with E-state index in [0.717, 1.165) is 11.0 Å². The molecule has 0 unspecified atom stereocenters. The van der Waals surface area contributed by atoms with Crippen LogP contribution < -0.4 is 5.32 Å². The molecule has 0 aliphatic carbocycles. The second-order valence-electron chi connectivity index (χ2n) is 3.36. The van der Waals surface area contributed by atoms with E-state index in [2.05, 4.69) is 57.6 Å². The van der Waals surface area contributed by atoms with E-state index in [9.17, 15) is 0 Å². The number of hydrogen-bond donors (Lipinski definition) is 1. The van der Waals surface area contributed by atoms with E-state index in [1.54, 1.807) is 0 Å². The van der Waals surface area contributed by atoms with Crippen LogP contribution in [0, 0.1) is 0 Å². The topological polar surface area (TPSA) is 12.0 Å². The van der Waals surface area contributed by atoms with Gasteiger partial charge in [0.15, 0.2) is 0 Å². The number of benzene rings is 2. The number of rotatable bonds is 2. The van der Waals surface area contributed by atoms with Crippen molar-refractivity contribution in [3.8, 4) is 0 Å². The molecule has 0 amide bonds. The Bertz CT molecular complexity index is 451. The molecule has 72 valence electrons. The lowest BCUT2D eigenvalue weighted by molar-refractivity contribution is 0.819. The molecule has 1 N–H and O–H groups in total. The van der Waals surface area contributed by atoms with Gasteiger partial charge in [0.2, 0.25) is 0 Å². The van der Waals surface area contributed by atoms with E-state index in [1.807, 2.05) is 7.05 Å². The molecule has 2 aromatic rings. The van der Waals surface area contributed by atoms with Gasteiger partial charge in [-0.25, -0.2) is 0 Å². The smallest absolute Gasteiger partial charge is 0.0202 e. The highest BCUT2D eigenvalue weighted by atomic mass is 79.9. The fourth-order valence-electron chi connectivity index (χ4n) is 1.58. The quantitative estimate of drug-likeness (QED) is 0.862. The molecule has 0 aliphatic rings. The predicted octanol–water partition coefficient (Wildman–Crippen LogP) is 3.32. The second-order valence-corrected chi connectivity index (χ2v) is 4.27. The van der Waals surface area contributed by atoms with Crippen molar-refractivity contribution in [2.24, 2.45) is 0 Å². The predicted molar refractivity (Wildman–Crippen MR) is 64.4 cm³/mol. The molecule has 0 radical (unpaired) electrons. The molecule has 0 heterocycles. The Morgan fingerprint density at radius 1 is 1.07 bits per heavy atom. The highest BCUT2D eigenvalue weighted by Crippen LogP contribution is 2.20. The van der Waals surface area contributed by atoms with Gasteiger partial charge in [-0.05, 0) is 41.6 Å². The lowest BCUT2D eigenvalue weighted by atomic mass is 10.1. The van der Waals surface area contributed by atoms with Crippen molar-refractivity contribution in [2.75, 3.05) is 7.05 Å². The van der Waals surface area contributed by atoms with Crippen molar-refractivity contribution in [3.63, 3.8) is 0 Å². The van der Waals surface area contributed by atoms with Gasteiger partial charge in [-0.15, -0.1) is 0 Å². The van der Waals surface area contributed by atoms with Crippen molar-refractivity contribution in [1.29, 1.82) is 0 Å². The zero-order valence-corrected chi connectivity index (χ0v) is 9.64. The van der Waals surface area contributed by atoms with Gasteiger partial charge >= 0.3 is 0 Å². The third kappa shape index (κ3) is 1.97. The number of fused-ring (bicyclic) bond motifs is 1. The number of halogens is 1. The van der Waals surface area contributed by atoms with Gasteiger partial charge in [0.1, 0.15) is 0 Å². The van der Waals surface area contributed by atoms with Gasteiger partial charge in [0.05, 0.1) is 0 Å². The summed E-state index contributed by atoms with van der Waals surface area (Å²) < 4.78 is 1.13. The molecule has 2 aromatic carbocycles. The minimum absolute atomic E-state index is 0.923. The van der Waals surface area contributed by atoms with Crippen LogP contribution in [-0.2, 0) is 6.54 Å². The molecule has 0 saturated heterocycles. The summed E-state index contributed by atoms with van der Waals surface area (Å²) in [6, 6.07) is 12.9. The van der Waals surface area contributed by atoms with E-state index in [4.69, 9.17) is 0 Å². The fourth-order valence-corrected chi connectivity index (χ4v) is 1.96. The summed E-state index contributed by atoms with van der Waals surface area (Å²) in [6.07, 6.45) is 0. The molecule has 14 heavy (non-hydrogen) atoms. The van der Waals surface area contributed by atoms with Gasteiger partial charge in [-0.1, -0.05) is 34.1 Å². The summed E-state index contributed by atoms with van der Waals surface area (Å²) in [6.45, 7) is 0.923. The minimum Gasteiger partial charge on any atom is -0.316 e. The monoisotopic (exact) mass is 249 g/mol. The van der Waals surface area contributed by atoms with E-state index in [0.29, 0.717) is 0 Å². The Labute approximate surface area is 92.3 Å². The Hall–Kier alpha value is -0.860. The maximum atomic E-state index is 3.47. The molecule has 0 fully saturated rings. The van der Waals surface area contributed by atoms with Gasteiger partial charge in [0, 0.05) is 11.0 Å². The van der Waals surface area contributed by atoms with E-state index in [1.165, 1.54) is 16.3 Å². The van der Waals surface area contributed by atoms with Crippen LogP contribution in [0.3, 0.4) is 0 Å². The Balaban J connectivity index is 2.50. The summed E-state index contributed by atoms with van der Waals surface area (Å²) in [4.78, 5) is 0. The average molecular weight is 250 g/mol. The summed E-state index contributed by atoms with van der Waals surface area (Å²) >= 11 is 3.47. The maximum absolute atomic E-state index is 3.47. The largest absolute Gasteiger partial charge is 0.316 e. The number of nitrogens with one attached hydrogen (secondary N) is 1. The average Bonchev–Trinajstić information content (AvgIpc) is 2.19. The first kappa shape index (κ1) is 9.69. The fraction of sp³-hybridized carbons (Fsp3) is 0.167. The molecule has 0 spiro atoms. The van der Waals surface area contributed by atoms with Crippen LogP contribution in [0.25, 0.3) is 10.8 Å². The lowest BCUT2D eigenvalue weighted by Gasteiger charge is -2.03. The molecule has 0 aromatic heterocycles. The van der Waals surface area contributed by atoms with Crippen molar-refractivity contribution in [2.45, 2.75) is 6.54 Å². The van der Waals surface area contributed by atoms with Crippen LogP contribution in [0.15, 0.2) is 40.9 Å². The van der Waals surface area contributed by atoms with Crippen LogP contribution in [0.4, 0.5) is 0 Å². The molecule has 0 atom stereocenters. The Kier molecular flexibility index (Phi) is 2.85. The normalized spacial score (nSPS) is 10.7. The number of hydrogen-bond acceptors (Lipinski definition) is 1. The summed E-state index contributed by atoms with van der Waals surface area (Å²) in [5, 5.41) is 5.72. The molecule has 0 saturated carbocycles. The highest BCUT2D eigenvalue weighted by molar-refractivity contribution is 9.10. The van der Waals surface area contributed by atoms with E-state index in [-0.39, 0.29) is 0 Å². The van der Waals surface area contributed by atoms with Gasteiger partial charge in [-0.3, -0.25) is 0 Å². The van der Waals surface area contributed by atoms with Crippen LogP contribution in [0.2, 0.25) is 0 Å². The lowest BCUT2D eigenvalue weighted by Crippen LogP contribution is -2.04. The van der Waals surface area contributed by atoms with E-state index >= 15 is 0 Å². The van der Waals surface area contributed by atoms with Crippen LogP contribution in [-0.4, -0.2) is 7.05 Å². The van der Waals surface area contributed by atoms with Crippen molar-refractivity contribution in [1.82, 2.24) is 5.32 Å². The molecule has 1 nitrogen and oxygen atoms in total. The SMILES string of the molecule is CNCc1ccc2cc(Br)ccc2c1. The zero-order valence-electron chi connectivity index (χ0n) is 8.05. The third-order valence-corrected chi connectivity index (χ3v) is 2.74. The molecular formula is C12H12BrN. The first-order valence-corrected chi connectivity index (χ1v) is 5.42. The van der Waals surface area contributed by atoms with Crippen molar-refractivity contribution >= 4 is 26.7 Å². The molecular weight excluding hydrogens is 238 g/mol. The summed E-state index contributed by atoms with van der Waals surface area (Å²) in [5.74, 6) is 0. The minimum atomic E-state index is 0.923. The third-order valence-electron chi connectivity index (χ3n) is 2.25. The standard InChI is InChI=1S/C12H12BrN/c1-14-8-9-2-3-11-7-12(13)5-4-10(11)6-9/h2-7,14H,8H2,1H3. The first-order valence-electron chi connectivity index (χ1n) is 4.62. The maximum Gasteiger partial charge on any atom is 0.0202 e. The highest BCUT2D eigenvalue weighted by Gasteiger charge is 1.96. The van der Waals surface area contributed by atoms with Gasteiger partial charge in [0.25, 0.3) is 0 Å². The van der Waals surface area contributed by atoms with Crippen LogP contribution in [0.5, 0.6) is 0 Å². The van der Waals surface area contributed by atoms with Crippen LogP contribution >= 0.6 is 15.9 Å². The Morgan fingerprint density at radius 2 is 1.79 bits per heavy atom. The van der Waals surface area contributed by atoms with Crippen LogP contribution in [0.1, 0.15) is 5.56 Å². The Morgan fingerprint density at radius 3 is 2.57 bits per heavy atom. The molecule has 0 bridgehead atoms. The van der Waals surface area contributed by atoms with E-state index < -0.39 is 0 Å². The molecule has 0 aliphatic heterocycles. The van der Waals surface area contributed by atoms with Crippen molar-refractivity contribution < 1.29 is 0 Å². The second kappa shape index (κ2) is 4.11. The summed E-state index contributed by atoms with van der Waals surface area (Å²) in [7, 11) is 1.96. The van der Waals surface area contributed by atoms with Crippen molar-refractivity contribution in [3.05, 3.63) is 46.4 Å². The van der Waals surface area contributed by atoms with Gasteiger partial charge < -0.3 is 5.32 Å². The first-order chi connectivity index (χ1) is 6.79. The molecule has 2 rings (SSSR count).